The van der Waals surface area contributed by atoms with Gasteiger partial charge in [0.2, 0.25) is 0 Å². The van der Waals surface area contributed by atoms with E-state index in [1.807, 2.05) is 17.4 Å². The predicted octanol–water partition coefficient (Wildman–Crippen LogP) is 8.90. The molecule has 0 aliphatic heterocycles. The third-order valence-electron chi connectivity index (χ3n) is 6.35. The Morgan fingerprint density at radius 3 is 2.12 bits per heavy atom. The number of aromatic nitrogens is 1. The van der Waals surface area contributed by atoms with E-state index in [0.717, 1.165) is 11.4 Å². The second-order valence-corrected chi connectivity index (χ2v) is 9.38. The fourth-order valence-electron chi connectivity index (χ4n) is 4.91. The molecule has 0 fully saturated rings. The van der Waals surface area contributed by atoms with Crippen LogP contribution in [0.3, 0.4) is 0 Å². The van der Waals surface area contributed by atoms with Gasteiger partial charge in [-0.25, -0.2) is 0 Å². The zero-order valence-corrected chi connectivity index (χ0v) is 18.6. The first-order chi connectivity index (χ1) is 16.4. The van der Waals surface area contributed by atoms with Crippen molar-refractivity contribution >= 4 is 64.7 Å². The van der Waals surface area contributed by atoms with E-state index in [1.54, 1.807) is 0 Å². The summed E-state index contributed by atoms with van der Waals surface area (Å²) in [4.78, 5) is 0. The first-order valence-corrected chi connectivity index (χ1v) is 11.9. The van der Waals surface area contributed by atoms with Crippen molar-refractivity contribution in [3.63, 3.8) is 0 Å². The summed E-state index contributed by atoms with van der Waals surface area (Å²) in [6.07, 6.45) is 0. The van der Waals surface area contributed by atoms with E-state index in [-0.39, 0.29) is 0 Å². The Hall–Kier alpha value is -4.08. The van der Waals surface area contributed by atoms with Crippen molar-refractivity contribution in [2.45, 2.75) is 0 Å². The largest absolute Gasteiger partial charge is 0.356 e. The van der Waals surface area contributed by atoms with E-state index in [9.17, 15) is 0 Å². The van der Waals surface area contributed by atoms with Crippen LogP contribution < -0.4 is 5.32 Å². The highest BCUT2D eigenvalue weighted by molar-refractivity contribution is 7.26. The molecule has 0 aliphatic carbocycles. The smallest absolute Gasteiger partial charge is 0.0555 e. The van der Waals surface area contributed by atoms with Crippen LogP contribution in [-0.2, 0) is 0 Å². The van der Waals surface area contributed by atoms with Gasteiger partial charge in [-0.3, -0.25) is 0 Å². The molecule has 33 heavy (non-hydrogen) atoms. The molecular formula is C30H20N2S. The number of hydrogen-bond donors (Lipinski definition) is 1. The van der Waals surface area contributed by atoms with Gasteiger partial charge in [0.15, 0.2) is 0 Å². The minimum atomic E-state index is 1.09. The van der Waals surface area contributed by atoms with Gasteiger partial charge in [0, 0.05) is 48.0 Å². The summed E-state index contributed by atoms with van der Waals surface area (Å²) in [6, 6.07) is 41.0. The van der Waals surface area contributed by atoms with E-state index in [0.29, 0.717) is 0 Å². The zero-order chi connectivity index (χ0) is 21.8. The summed E-state index contributed by atoms with van der Waals surface area (Å²) in [5.74, 6) is 0. The molecule has 5 aromatic carbocycles. The van der Waals surface area contributed by atoms with Gasteiger partial charge in [0.1, 0.15) is 0 Å². The van der Waals surface area contributed by atoms with Gasteiger partial charge in [-0.15, -0.1) is 11.3 Å². The topological polar surface area (TPSA) is 17.0 Å². The van der Waals surface area contributed by atoms with E-state index in [1.165, 1.54) is 47.7 Å². The molecular weight excluding hydrogens is 420 g/mol. The lowest BCUT2D eigenvalue weighted by Gasteiger charge is -2.09. The summed E-state index contributed by atoms with van der Waals surface area (Å²) in [5, 5.41) is 8.83. The van der Waals surface area contributed by atoms with Crippen molar-refractivity contribution < 1.29 is 0 Å². The van der Waals surface area contributed by atoms with Crippen molar-refractivity contribution in [1.82, 2.24) is 4.57 Å². The quantitative estimate of drug-likeness (QED) is 0.290. The number of nitrogens with one attached hydrogen (secondary N) is 1. The molecule has 3 heteroatoms. The summed E-state index contributed by atoms with van der Waals surface area (Å²) in [5.41, 5.74) is 5.84. The van der Waals surface area contributed by atoms with E-state index >= 15 is 0 Å². The third kappa shape index (κ3) is 2.86. The van der Waals surface area contributed by atoms with Crippen LogP contribution in [0, 0.1) is 0 Å². The summed E-state index contributed by atoms with van der Waals surface area (Å²) >= 11 is 1.89. The monoisotopic (exact) mass is 440 g/mol. The third-order valence-corrected chi connectivity index (χ3v) is 7.55. The molecule has 0 saturated carbocycles. The maximum atomic E-state index is 3.58. The average molecular weight is 441 g/mol. The lowest BCUT2D eigenvalue weighted by molar-refractivity contribution is 1.18. The Balaban J connectivity index is 1.59. The Bertz CT molecular complexity index is 1780. The zero-order valence-electron chi connectivity index (χ0n) is 17.8. The molecule has 0 saturated heterocycles. The van der Waals surface area contributed by atoms with Crippen molar-refractivity contribution in [3.8, 4) is 5.69 Å². The highest BCUT2D eigenvalue weighted by atomic mass is 32.1. The molecule has 0 atom stereocenters. The first-order valence-electron chi connectivity index (χ1n) is 11.1. The number of nitrogens with zero attached hydrogens (tertiary/aromatic N) is 1. The minimum absolute atomic E-state index is 1.09. The Morgan fingerprint density at radius 1 is 0.545 bits per heavy atom. The van der Waals surface area contributed by atoms with Crippen molar-refractivity contribution in [2.75, 3.05) is 5.32 Å². The van der Waals surface area contributed by atoms with Crippen molar-refractivity contribution in [2.24, 2.45) is 0 Å². The second kappa shape index (κ2) is 7.22. The summed E-state index contributed by atoms with van der Waals surface area (Å²) in [6.45, 7) is 0. The van der Waals surface area contributed by atoms with E-state index in [4.69, 9.17) is 0 Å². The van der Waals surface area contributed by atoms with Gasteiger partial charge in [-0.1, -0.05) is 60.7 Å². The molecule has 7 rings (SSSR count). The number of thiophene rings is 1. The molecule has 0 unspecified atom stereocenters. The molecule has 0 aliphatic rings. The van der Waals surface area contributed by atoms with Gasteiger partial charge < -0.3 is 9.88 Å². The van der Waals surface area contributed by atoms with Crippen molar-refractivity contribution in [1.29, 1.82) is 0 Å². The van der Waals surface area contributed by atoms with Crippen LogP contribution in [0.5, 0.6) is 0 Å². The number of anilines is 2. The molecule has 2 nitrogen and oxygen atoms in total. The fraction of sp³-hybridized carbons (Fsp3) is 0. The molecule has 156 valence electrons. The second-order valence-electron chi connectivity index (χ2n) is 8.33. The van der Waals surface area contributed by atoms with Gasteiger partial charge in [-0.2, -0.15) is 0 Å². The highest BCUT2D eigenvalue weighted by Gasteiger charge is 2.17. The molecule has 0 spiro atoms. The summed E-state index contributed by atoms with van der Waals surface area (Å²) < 4.78 is 5.07. The normalized spacial score (nSPS) is 11.6. The highest BCUT2D eigenvalue weighted by Crippen LogP contribution is 2.43. The van der Waals surface area contributed by atoms with Crippen molar-refractivity contribution in [3.05, 3.63) is 115 Å². The molecule has 7 aromatic rings. The standard InChI is InChI=1S/C30H20N2S/c1-3-9-20(10-4-1)31-21-15-17-26-25(19-21)29-27(32(26)22-11-5-2-6-12-22)18-16-24-23-13-7-8-14-28(23)33-30(24)29/h1-19,31H. The predicted molar refractivity (Wildman–Crippen MR) is 143 cm³/mol. The molecule has 0 bridgehead atoms. The molecule has 2 aromatic heterocycles. The van der Waals surface area contributed by atoms with Crippen LogP contribution >= 0.6 is 11.3 Å². The Kier molecular flexibility index (Phi) is 4.05. The van der Waals surface area contributed by atoms with Gasteiger partial charge in [-0.05, 0) is 54.6 Å². The van der Waals surface area contributed by atoms with Gasteiger partial charge >= 0.3 is 0 Å². The van der Waals surface area contributed by atoms with E-state index in [2.05, 4.69) is 119 Å². The van der Waals surface area contributed by atoms with Crippen LogP contribution in [0.25, 0.3) is 47.7 Å². The number of benzene rings is 5. The van der Waals surface area contributed by atoms with Crippen LogP contribution in [0.4, 0.5) is 11.4 Å². The number of rotatable bonds is 3. The van der Waals surface area contributed by atoms with Crippen LogP contribution in [0.1, 0.15) is 0 Å². The maximum absolute atomic E-state index is 3.58. The fourth-order valence-corrected chi connectivity index (χ4v) is 6.17. The molecule has 0 amide bonds. The maximum Gasteiger partial charge on any atom is 0.0555 e. The molecule has 2 heterocycles. The lowest BCUT2D eigenvalue weighted by Crippen LogP contribution is -1.93. The van der Waals surface area contributed by atoms with Gasteiger partial charge in [0.05, 0.1) is 11.0 Å². The van der Waals surface area contributed by atoms with Gasteiger partial charge in [0.25, 0.3) is 0 Å². The molecule has 0 radical (unpaired) electrons. The van der Waals surface area contributed by atoms with Crippen LogP contribution in [0.15, 0.2) is 115 Å². The Labute approximate surface area is 195 Å². The van der Waals surface area contributed by atoms with Crippen LogP contribution in [-0.4, -0.2) is 4.57 Å². The summed E-state index contributed by atoms with van der Waals surface area (Å²) in [7, 11) is 0. The average Bonchev–Trinajstić information content (AvgIpc) is 3.40. The number of hydrogen-bond acceptors (Lipinski definition) is 2. The minimum Gasteiger partial charge on any atom is -0.356 e. The van der Waals surface area contributed by atoms with Crippen LogP contribution in [0.2, 0.25) is 0 Å². The first kappa shape index (κ1) is 18.5. The van der Waals surface area contributed by atoms with E-state index < -0.39 is 0 Å². The SMILES string of the molecule is c1ccc(Nc2ccc3c(c2)c2c4sc5ccccc5c4ccc2n3-c2ccccc2)cc1. The number of para-hydroxylation sites is 2. The Morgan fingerprint density at radius 2 is 1.27 bits per heavy atom. The molecule has 1 N–H and O–H groups in total. The lowest BCUT2D eigenvalue weighted by atomic mass is 10.1. The number of fused-ring (bicyclic) bond motifs is 7.